The maximum Gasteiger partial charge on any atom is 0.234 e. The monoisotopic (exact) mass is 325 g/mol. The number of nitrogens with zero attached hydrogens (tertiary/aromatic N) is 1. The van der Waals surface area contributed by atoms with Crippen LogP contribution in [0.4, 0.5) is 10.1 Å². The maximum absolute atomic E-state index is 12.7. The van der Waals surface area contributed by atoms with Crippen molar-refractivity contribution in [1.82, 2.24) is 4.98 Å². The van der Waals surface area contributed by atoms with Gasteiger partial charge in [-0.15, -0.1) is 11.3 Å². The Labute approximate surface area is 128 Å². The predicted octanol–water partition coefficient (Wildman–Crippen LogP) is 2.04. The van der Waals surface area contributed by atoms with E-state index < -0.39 is 5.91 Å². The van der Waals surface area contributed by atoms with E-state index >= 15 is 0 Å². The molecule has 0 saturated heterocycles. The van der Waals surface area contributed by atoms with Crippen molar-refractivity contribution in [1.29, 1.82) is 0 Å². The zero-order chi connectivity index (χ0) is 15.2. The third-order valence-electron chi connectivity index (χ3n) is 2.34. The number of halogens is 1. The number of hydrogen-bond donors (Lipinski definition) is 2. The Morgan fingerprint density at radius 1 is 1.33 bits per heavy atom. The highest BCUT2D eigenvalue weighted by Gasteiger charge is 2.08. The number of thioether (sulfide) groups is 1. The second kappa shape index (κ2) is 7.19. The Morgan fingerprint density at radius 2 is 2.05 bits per heavy atom. The lowest BCUT2D eigenvalue weighted by Crippen LogP contribution is -2.14. The summed E-state index contributed by atoms with van der Waals surface area (Å²) >= 11 is 2.62. The average molecular weight is 325 g/mol. The van der Waals surface area contributed by atoms with Gasteiger partial charge in [0.05, 0.1) is 17.9 Å². The molecule has 21 heavy (non-hydrogen) atoms. The van der Waals surface area contributed by atoms with Gasteiger partial charge in [-0.1, -0.05) is 11.8 Å². The first-order valence-corrected chi connectivity index (χ1v) is 7.80. The van der Waals surface area contributed by atoms with E-state index in [-0.39, 0.29) is 23.9 Å². The summed E-state index contributed by atoms with van der Waals surface area (Å²) in [5.74, 6) is -0.822. The van der Waals surface area contributed by atoms with Crippen LogP contribution in [0.2, 0.25) is 0 Å². The minimum atomic E-state index is -0.439. The number of carbonyl (C=O) groups is 2. The number of amides is 2. The highest BCUT2D eigenvalue weighted by molar-refractivity contribution is 8.01. The van der Waals surface area contributed by atoms with Crippen LogP contribution < -0.4 is 11.1 Å². The molecule has 1 aromatic carbocycles. The molecule has 3 N–H and O–H groups in total. The minimum Gasteiger partial charge on any atom is -0.369 e. The number of nitrogens with one attached hydrogen (secondary N) is 1. The predicted molar refractivity (Wildman–Crippen MR) is 80.8 cm³/mol. The van der Waals surface area contributed by atoms with E-state index in [2.05, 4.69) is 10.3 Å². The van der Waals surface area contributed by atoms with E-state index in [9.17, 15) is 14.0 Å². The van der Waals surface area contributed by atoms with Gasteiger partial charge in [0.25, 0.3) is 0 Å². The fourth-order valence-corrected chi connectivity index (χ4v) is 3.12. The van der Waals surface area contributed by atoms with Crippen LogP contribution in [-0.2, 0) is 16.0 Å². The van der Waals surface area contributed by atoms with Crippen molar-refractivity contribution in [3.8, 4) is 0 Å². The highest BCUT2D eigenvalue weighted by atomic mass is 32.2. The van der Waals surface area contributed by atoms with Crippen LogP contribution >= 0.6 is 23.1 Å². The Bertz CT molecular complexity index is 643. The van der Waals surface area contributed by atoms with Gasteiger partial charge in [0.1, 0.15) is 5.82 Å². The van der Waals surface area contributed by atoms with Gasteiger partial charge in [-0.25, -0.2) is 9.37 Å². The van der Waals surface area contributed by atoms with Crippen molar-refractivity contribution >= 4 is 40.6 Å². The molecule has 2 amide bonds. The first-order chi connectivity index (χ1) is 10.0. The van der Waals surface area contributed by atoms with Crippen LogP contribution in [0.3, 0.4) is 0 Å². The third-order valence-corrected chi connectivity index (χ3v) is 4.41. The molecule has 0 radical (unpaired) electrons. The van der Waals surface area contributed by atoms with Crippen molar-refractivity contribution in [2.45, 2.75) is 10.8 Å². The smallest absolute Gasteiger partial charge is 0.234 e. The lowest BCUT2D eigenvalue weighted by molar-refractivity contribution is -0.117. The van der Waals surface area contributed by atoms with Crippen LogP contribution in [0.1, 0.15) is 5.69 Å². The summed E-state index contributed by atoms with van der Waals surface area (Å²) in [7, 11) is 0. The van der Waals surface area contributed by atoms with Gasteiger partial charge in [0, 0.05) is 11.1 Å². The summed E-state index contributed by atoms with van der Waals surface area (Å²) in [6, 6.07) is 5.54. The molecule has 1 aromatic heterocycles. The van der Waals surface area contributed by atoms with Crippen LogP contribution in [0.25, 0.3) is 0 Å². The molecule has 0 fully saturated rings. The topological polar surface area (TPSA) is 85.1 Å². The quantitative estimate of drug-likeness (QED) is 0.796. The molecule has 0 aliphatic carbocycles. The van der Waals surface area contributed by atoms with Gasteiger partial charge in [-0.05, 0) is 24.3 Å². The molecule has 0 atom stereocenters. The summed E-state index contributed by atoms with van der Waals surface area (Å²) in [5.41, 5.74) is 6.22. The Kier molecular flexibility index (Phi) is 5.29. The number of nitrogens with two attached hydrogens (primary N) is 1. The molecule has 0 bridgehead atoms. The fourth-order valence-electron chi connectivity index (χ4n) is 1.47. The molecule has 0 aliphatic heterocycles. The number of thiazole rings is 1. The molecule has 5 nitrogen and oxygen atoms in total. The first-order valence-electron chi connectivity index (χ1n) is 5.94. The molecular formula is C13H12FN3O2S2. The maximum atomic E-state index is 12.7. The molecule has 0 spiro atoms. The molecule has 2 aromatic rings. The Balaban J connectivity index is 1.82. The zero-order valence-electron chi connectivity index (χ0n) is 10.8. The van der Waals surface area contributed by atoms with Gasteiger partial charge < -0.3 is 11.1 Å². The van der Waals surface area contributed by atoms with Crippen molar-refractivity contribution in [3.05, 3.63) is 41.2 Å². The summed E-state index contributed by atoms with van der Waals surface area (Å²) in [6.07, 6.45) is 0.0961. The second-order valence-corrected chi connectivity index (χ2v) is 6.17. The third kappa shape index (κ3) is 5.16. The molecule has 2 rings (SSSR count). The van der Waals surface area contributed by atoms with Gasteiger partial charge in [0.2, 0.25) is 11.8 Å². The van der Waals surface area contributed by atoms with Crippen LogP contribution in [-0.4, -0.2) is 22.6 Å². The first kappa shape index (κ1) is 15.5. The number of aromatic nitrogens is 1. The highest BCUT2D eigenvalue weighted by Crippen LogP contribution is 2.23. The van der Waals surface area contributed by atoms with Crippen molar-refractivity contribution in [2.75, 3.05) is 11.1 Å². The van der Waals surface area contributed by atoms with Crippen LogP contribution in [0.5, 0.6) is 0 Å². The van der Waals surface area contributed by atoms with Crippen LogP contribution in [0, 0.1) is 5.82 Å². The van der Waals surface area contributed by atoms with E-state index in [1.807, 2.05) is 0 Å². The average Bonchev–Trinajstić information content (AvgIpc) is 2.86. The van der Waals surface area contributed by atoms with E-state index in [0.717, 1.165) is 0 Å². The van der Waals surface area contributed by atoms with E-state index in [1.54, 1.807) is 5.38 Å². The number of benzene rings is 1. The van der Waals surface area contributed by atoms with Crippen molar-refractivity contribution < 1.29 is 14.0 Å². The standard InChI is InChI=1S/C13H12FN3O2S2/c14-8-1-3-9(4-2-8)16-12(19)7-21-13-17-10(6-20-13)5-11(15)18/h1-4,6H,5,7H2,(H2,15,18)(H,16,19). The molecule has 1 heterocycles. The summed E-state index contributed by atoms with van der Waals surface area (Å²) < 4.78 is 13.4. The summed E-state index contributed by atoms with van der Waals surface area (Å²) in [6.45, 7) is 0. The number of primary amides is 1. The SMILES string of the molecule is NC(=O)Cc1csc(SCC(=O)Nc2ccc(F)cc2)n1. The van der Waals surface area contributed by atoms with Gasteiger partial charge in [-0.3, -0.25) is 9.59 Å². The molecule has 0 saturated carbocycles. The lowest BCUT2D eigenvalue weighted by Gasteiger charge is -2.03. The largest absolute Gasteiger partial charge is 0.369 e. The number of anilines is 1. The normalized spacial score (nSPS) is 10.3. The Morgan fingerprint density at radius 3 is 2.71 bits per heavy atom. The number of carbonyl (C=O) groups excluding carboxylic acids is 2. The van der Waals surface area contributed by atoms with Gasteiger partial charge in [-0.2, -0.15) is 0 Å². The van der Waals surface area contributed by atoms with Crippen LogP contribution in [0.15, 0.2) is 34.0 Å². The number of rotatable bonds is 6. The molecule has 0 unspecified atom stereocenters. The molecule has 110 valence electrons. The molecular weight excluding hydrogens is 313 g/mol. The minimum absolute atomic E-state index is 0.0961. The lowest BCUT2D eigenvalue weighted by atomic mass is 10.3. The van der Waals surface area contributed by atoms with Gasteiger partial charge >= 0.3 is 0 Å². The summed E-state index contributed by atoms with van der Waals surface area (Å²) in [4.78, 5) is 26.7. The zero-order valence-corrected chi connectivity index (χ0v) is 12.5. The van der Waals surface area contributed by atoms with Gasteiger partial charge in [0.15, 0.2) is 4.34 Å². The van der Waals surface area contributed by atoms with Crippen molar-refractivity contribution in [3.63, 3.8) is 0 Å². The van der Waals surface area contributed by atoms with E-state index in [4.69, 9.17) is 5.73 Å². The molecule has 8 heteroatoms. The Hall–Kier alpha value is -1.93. The molecule has 0 aliphatic rings. The summed E-state index contributed by atoms with van der Waals surface area (Å²) in [5, 5.41) is 4.40. The second-order valence-electron chi connectivity index (χ2n) is 4.09. The number of hydrogen-bond acceptors (Lipinski definition) is 5. The van der Waals surface area contributed by atoms with E-state index in [0.29, 0.717) is 15.7 Å². The fraction of sp³-hybridized carbons (Fsp3) is 0.154. The van der Waals surface area contributed by atoms with E-state index in [1.165, 1.54) is 47.4 Å². The van der Waals surface area contributed by atoms with Crippen molar-refractivity contribution in [2.24, 2.45) is 5.73 Å².